The van der Waals surface area contributed by atoms with Crippen molar-refractivity contribution in [1.82, 2.24) is 9.47 Å². The SMILES string of the molecule is CN1CCOC(COC(=O)c2cc(N)cn2C)C1. The Morgan fingerprint density at radius 2 is 2.39 bits per heavy atom. The lowest BCUT2D eigenvalue weighted by atomic mass is 10.3. The predicted molar refractivity (Wildman–Crippen MR) is 67.3 cm³/mol. The third-order valence-corrected chi connectivity index (χ3v) is 2.98. The van der Waals surface area contributed by atoms with Crippen LogP contribution in [0.15, 0.2) is 12.3 Å². The van der Waals surface area contributed by atoms with E-state index in [1.807, 2.05) is 7.05 Å². The number of ether oxygens (including phenoxy) is 2. The Balaban J connectivity index is 1.86. The first-order valence-corrected chi connectivity index (χ1v) is 5.95. The van der Waals surface area contributed by atoms with E-state index in [0.717, 1.165) is 13.1 Å². The summed E-state index contributed by atoms with van der Waals surface area (Å²) < 4.78 is 12.4. The lowest BCUT2D eigenvalue weighted by molar-refractivity contribution is -0.0530. The molecule has 0 spiro atoms. The molecule has 1 aliphatic rings. The number of nitrogen functional groups attached to an aromatic ring is 1. The smallest absolute Gasteiger partial charge is 0.355 e. The molecule has 100 valence electrons. The van der Waals surface area contributed by atoms with Crippen LogP contribution in [-0.4, -0.2) is 54.9 Å². The molecule has 1 saturated heterocycles. The maximum Gasteiger partial charge on any atom is 0.355 e. The van der Waals surface area contributed by atoms with Gasteiger partial charge in [-0.1, -0.05) is 0 Å². The van der Waals surface area contributed by atoms with Crippen molar-refractivity contribution in [2.24, 2.45) is 7.05 Å². The number of hydrogen-bond donors (Lipinski definition) is 1. The monoisotopic (exact) mass is 253 g/mol. The van der Waals surface area contributed by atoms with Crippen LogP contribution in [-0.2, 0) is 16.5 Å². The number of nitrogens with two attached hydrogens (primary N) is 1. The summed E-state index contributed by atoms with van der Waals surface area (Å²) in [5.41, 5.74) is 6.62. The van der Waals surface area contributed by atoms with Crippen molar-refractivity contribution in [3.8, 4) is 0 Å². The van der Waals surface area contributed by atoms with Crippen molar-refractivity contribution in [3.05, 3.63) is 18.0 Å². The molecule has 1 aromatic rings. The number of esters is 1. The van der Waals surface area contributed by atoms with Gasteiger partial charge in [-0.3, -0.25) is 0 Å². The molecule has 0 saturated carbocycles. The highest BCUT2D eigenvalue weighted by molar-refractivity contribution is 5.89. The molecule has 2 N–H and O–H groups in total. The number of rotatable bonds is 3. The Kier molecular flexibility index (Phi) is 3.88. The first-order valence-electron chi connectivity index (χ1n) is 5.95. The molecular weight excluding hydrogens is 234 g/mol. The zero-order valence-corrected chi connectivity index (χ0v) is 10.8. The number of carbonyl (C=O) groups excluding carboxylic acids is 1. The first-order chi connectivity index (χ1) is 8.56. The van der Waals surface area contributed by atoms with Gasteiger partial charge in [-0.2, -0.15) is 0 Å². The number of aryl methyl sites for hydroxylation is 1. The summed E-state index contributed by atoms with van der Waals surface area (Å²) in [5, 5.41) is 0. The third kappa shape index (κ3) is 3.02. The summed E-state index contributed by atoms with van der Waals surface area (Å²) in [7, 11) is 3.78. The van der Waals surface area contributed by atoms with Gasteiger partial charge in [-0.05, 0) is 13.1 Å². The number of anilines is 1. The zero-order chi connectivity index (χ0) is 13.1. The number of aromatic nitrogens is 1. The minimum Gasteiger partial charge on any atom is -0.458 e. The van der Waals surface area contributed by atoms with Gasteiger partial charge in [0.25, 0.3) is 0 Å². The molecule has 6 nitrogen and oxygen atoms in total. The number of nitrogens with zero attached hydrogens (tertiary/aromatic N) is 2. The van der Waals surface area contributed by atoms with Crippen LogP contribution in [0, 0.1) is 0 Å². The molecular formula is C12H19N3O3. The van der Waals surface area contributed by atoms with Crippen LogP contribution in [0.25, 0.3) is 0 Å². The number of morpholine rings is 1. The van der Waals surface area contributed by atoms with Gasteiger partial charge in [-0.25, -0.2) is 4.79 Å². The minimum absolute atomic E-state index is 0.0506. The van der Waals surface area contributed by atoms with E-state index >= 15 is 0 Å². The maximum atomic E-state index is 11.8. The van der Waals surface area contributed by atoms with Gasteiger partial charge >= 0.3 is 5.97 Å². The van der Waals surface area contributed by atoms with Crippen LogP contribution >= 0.6 is 0 Å². The van der Waals surface area contributed by atoms with Gasteiger partial charge in [-0.15, -0.1) is 0 Å². The molecule has 1 unspecified atom stereocenters. The lowest BCUT2D eigenvalue weighted by Gasteiger charge is -2.29. The Hall–Kier alpha value is -1.53. The quantitative estimate of drug-likeness (QED) is 0.773. The maximum absolute atomic E-state index is 11.8. The summed E-state index contributed by atoms with van der Waals surface area (Å²) in [4.78, 5) is 14.0. The Morgan fingerprint density at radius 1 is 1.61 bits per heavy atom. The van der Waals surface area contributed by atoms with Crippen molar-refractivity contribution in [2.45, 2.75) is 6.10 Å². The van der Waals surface area contributed by atoms with Gasteiger partial charge in [0.1, 0.15) is 18.4 Å². The number of carbonyl (C=O) groups is 1. The molecule has 6 heteroatoms. The Labute approximate surface area is 106 Å². The summed E-state index contributed by atoms with van der Waals surface area (Å²) >= 11 is 0. The molecule has 18 heavy (non-hydrogen) atoms. The lowest BCUT2D eigenvalue weighted by Crippen LogP contribution is -2.42. The molecule has 1 fully saturated rings. The van der Waals surface area contributed by atoms with Gasteiger partial charge < -0.3 is 24.7 Å². The van der Waals surface area contributed by atoms with Crippen LogP contribution in [0.5, 0.6) is 0 Å². The van der Waals surface area contributed by atoms with Crippen LogP contribution < -0.4 is 5.73 Å². The van der Waals surface area contributed by atoms with Crippen molar-refractivity contribution in [3.63, 3.8) is 0 Å². The van der Waals surface area contributed by atoms with Gasteiger partial charge in [0, 0.05) is 26.3 Å². The fourth-order valence-electron chi connectivity index (χ4n) is 2.00. The van der Waals surface area contributed by atoms with E-state index in [-0.39, 0.29) is 18.7 Å². The topological polar surface area (TPSA) is 69.7 Å². The predicted octanol–water partition coefficient (Wildman–Crippen LogP) is 0.0947. The normalized spacial score (nSPS) is 20.9. The van der Waals surface area contributed by atoms with Gasteiger partial charge in [0.15, 0.2) is 0 Å². The Morgan fingerprint density at radius 3 is 3.00 bits per heavy atom. The molecule has 2 rings (SSSR count). The van der Waals surface area contributed by atoms with E-state index in [0.29, 0.717) is 18.0 Å². The summed E-state index contributed by atoms with van der Waals surface area (Å²) in [6, 6.07) is 1.61. The van der Waals surface area contributed by atoms with Crippen molar-refractivity contribution in [2.75, 3.05) is 39.1 Å². The third-order valence-electron chi connectivity index (χ3n) is 2.98. The van der Waals surface area contributed by atoms with E-state index in [1.54, 1.807) is 23.9 Å². The van der Waals surface area contributed by atoms with Crippen LogP contribution in [0.2, 0.25) is 0 Å². The highest BCUT2D eigenvalue weighted by atomic mass is 16.6. The second kappa shape index (κ2) is 5.41. The molecule has 0 aliphatic carbocycles. The minimum atomic E-state index is -0.369. The van der Waals surface area contributed by atoms with E-state index in [1.165, 1.54) is 0 Å². The molecule has 1 atom stereocenters. The van der Waals surface area contributed by atoms with E-state index in [2.05, 4.69) is 4.90 Å². The second-order valence-corrected chi connectivity index (χ2v) is 4.62. The van der Waals surface area contributed by atoms with Crippen molar-refractivity contribution >= 4 is 11.7 Å². The highest BCUT2D eigenvalue weighted by Crippen LogP contribution is 2.11. The standard InChI is InChI=1S/C12H19N3O3/c1-14-3-4-17-10(7-14)8-18-12(16)11-5-9(13)6-15(11)2/h5-6,10H,3-4,7-8,13H2,1-2H3. The fraction of sp³-hybridized carbons (Fsp3) is 0.583. The van der Waals surface area contributed by atoms with Crippen LogP contribution in [0.1, 0.15) is 10.5 Å². The average Bonchev–Trinajstić information content (AvgIpc) is 2.66. The zero-order valence-electron chi connectivity index (χ0n) is 10.8. The molecule has 0 amide bonds. The number of hydrogen-bond acceptors (Lipinski definition) is 5. The summed E-state index contributed by atoms with van der Waals surface area (Å²) in [5.74, 6) is -0.369. The van der Waals surface area contributed by atoms with E-state index in [9.17, 15) is 4.79 Å². The van der Waals surface area contributed by atoms with Crippen LogP contribution in [0.4, 0.5) is 5.69 Å². The summed E-state index contributed by atoms with van der Waals surface area (Å²) in [6.45, 7) is 2.64. The largest absolute Gasteiger partial charge is 0.458 e. The van der Waals surface area contributed by atoms with Crippen molar-refractivity contribution in [1.29, 1.82) is 0 Å². The van der Waals surface area contributed by atoms with E-state index in [4.69, 9.17) is 15.2 Å². The average molecular weight is 253 g/mol. The molecule has 1 aromatic heterocycles. The van der Waals surface area contributed by atoms with E-state index < -0.39 is 0 Å². The number of likely N-dealkylation sites (N-methyl/N-ethyl adjacent to an activating group) is 1. The first kappa shape index (κ1) is 12.9. The highest BCUT2D eigenvalue weighted by Gasteiger charge is 2.20. The molecule has 1 aliphatic heterocycles. The van der Waals surface area contributed by atoms with Gasteiger partial charge in [0.2, 0.25) is 0 Å². The van der Waals surface area contributed by atoms with Crippen LogP contribution in [0.3, 0.4) is 0 Å². The Bertz CT molecular complexity index is 430. The molecule has 2 heterocycles. The summed E-state index contributed by atoms with van der Waals surface area (Å²) in [6.07, 6.45) is 1.63. The van der Waals surface area contributed by atoms with Crippen molar-refractivity contribution < 1.29 is 14.3 Å². The van der Waals surface area contributed by atoms with Gasteiger partial charge in [0.05, 0.1) is 12.3 Å². The molecule has 0 radical (unpaired) electrons. The molecule has 0 bridgehead atoms. The molecule has 0 aromatic carbocycles. The fourth-order valence-corrected chi connectivity index (χ4v) is 2.00. The second-order valence-electron chi connectivity index (χ2n) is 4.62.